The quantitative estimate of drug-likeness (QED) is 0.599. The maximum atomic E-state index is 12.1. The zero-order valence-corrected chi connectivity index (χ0v) is 13.1. The van der Waals surface area contributed by atoms with Crippen molar-refractivity contribution < 1.29 is 19.6 Å². The molecule has 0 radical (unpaired) electrons. The first-order valence-electron chi connectivity index (χ1n) is 6.25. The minimum Gasteiger partial charge on any atom is -0.480 e. The minimum absolute atomic E-state index is 0.0330. The molecule has 1 amide bonds. The molecule has 0 fully saturated rings. The van der Waals surface area contributed by atoms with Gasteiger partial charge in [-0.15, -0.1) is 0 Å². The Bertz CT molecular complexity index is 576. The van der Waals surface area contributed by atoms with Gasteiger partial charge in [0.05, 0.1) is 4.92 Å². The highest BCUT2D eigenvalue weighted by molar-refractivity contribution is 9.10. The number of non-ortho nitro benzene ring substituents is 1. The number of amides is 1. The van der Waals surface area contributed by atoms with Crippen molar-refractivity contribution in [3.63, 3.8) is 0 Å². The van der Waals surface area contributed by atoms with Crippen molar-refractivity contribution in [3.8, 4) is 0 Å². The van der Waals surface area contributed by atoms with Crippen LogP contribution in [-0.4, -0.2) is 27.9 Å². The maximum Gasteiger partial charge on any atom is 0.326 e. The molecule has 0 bridgehead atoms. The second-order valence-corrected chi connectivity index (χ2v) is 5.55. The smallest absolute Gasteiger partial charge is 0.326 e. The van der Waals surface area contributed by atoms with Crippen molar-refractivity contribution in [1.29, 1.82) is 0 Å². The first-order chi connectivity index (χ1) is 9.76. The number of benzene rings is 1. The lowest BCUT2D eigenvalue weighted by atomic mass is 9.99. The zero-order valence-electron chi connectivity index (χ0n) is 11.5. The third kappa shape index (κ3) is 4.52. The molecule has 1 unspecified atom stereocenters. The lowest BCUT2D eigenvalue weighted by molar-refractivity contribution is -0.385. The van der Waals surface area contributed by atoms with E-state index in [9.17, 15) is 19.7 Å². The number of hydrogen-bond donors (Lipinski definition) is 2. The van der Waals surface area contributed by atoms with Gasteiger partial charge in [-0.25, -0.2) is 4.79 Å². The highest BCUT2D eigenvalue weighted by Crippen LogP contribution is 2.21. The van der Waals surface area contributed by atoms with Gasteiger partial charge in [-0.1, -0.05) is 36.2 Å². The van der Waals surface area contributed by atoms with E-state index in [2.05, 4.69) is 21.2 Å². The van der Waals surface area contributed by atoms with E-state index in [1.165, 1.54) is 12.1 Å². The number of aliphatic carboxylic acids is 1. The molecule has 0 saturated carbocycles. The topological polar surface area (TPSA) is 110 Å². The molecular weight excluding hydrogens is 344 g/mol. The third-order valence-electron chi connectivity index (χ3n) is 3.12. The summed E-state index contributed by atoms with van der Waals surface area (Å²) in [6.07, 6.45) is 0.579. The van der Waals surface area contributed by atoms with Gasteiger partial charge in [-0.05, 0) is 12.0 Å². The average Bonchev–Trinajstić information content (AvgIpc) is 2.42. The Hall–Kier alpha value is -1.96. The van der Waals surface area contributed by atoms with Gasteiger partial charge in [0.25, 0.3) is 11.6 Å². The van der Waals surface area contributed by atoms with Crippen molar-refractivity contribution in [2.75, 3.05) is 0 Å². The molecule has 21 heavy (non-hydrogen) atoms. The van der Waals surface area contributed by atoms with E-state index in [1.807, 2.05) is 6.92 Å². The Morgan fingerprint density at radius 3 is 2.52 bits per heavy atom. The molecule has 0 saturated heterocycles. The maximum absolute atomic E-state index is 12.1. The van der Waals surface area contributed by atoms with Gasteiger partial charge < -0.3 is 10.4 Å². The summed E-state index contributed by atoms with van der Waals surface area (Å²) in [7, 11) is 0. The molecule has 7 nitrogen and oxygen atoms in total. The molecule has 0 aromatic heterocycles. The molecule has 1 rings (SSSR count). The zero-order chi connectivity index (χ0) is 16.2. The molecular formula is C13H15BrN2O5. The highest BCUT2D eigenvalue weighted by atomic mass is 79.9. The van der Waals surface area contributed by atoms with Gasteiger partial charge in [0.1, 0.15) is 6.04 Å². The number of carboxylic acid groups (broad SMARTS) is 1. The summed E-state index contributed by atoms with van der Waals surface area (Å²) in [6.45, 7) is 3.53. The van der Waals surface area contributed by atoms with Crippen LogP contribution in [-0.2, 0) is 4.79 Å². The molecule has 0 aliphatic heterocycles. The van der Waals surface area contributed by atoms with Crippen molar-refractivity contribution >= 4 is 33.5 Å². The summed E-state index contributed by atoms with van der Waals surface area (Å²) < 4.78 is 0.372. The molecule has 0 aliphatic carbocycles. The number of nitro groups is 1. The van der Waals surface area contributed by atoms with Gasteiger partial charge in [0.2, 0.25) is 0 Å². The third-order valence-corrected chi connectivity index (χ3v) is 3.58. The van der Waals surface area contributed by atoms with Crippen LogP contribution in [0.5, 0.6) is 0 Å². The first-order valence-corrected chi connectivity index (χ1v) is 7.04. The van der Waals surface area contributed by atoms with Crippen molar-refractivity contribution in [2.45, 2.75) is 26.3 Å². The van der Waals surface area contributed by atoms with Crippen LogP contribution in [0.1, 0.15) is 30.6 Å². The fourth-order valence-electron chi connectivity index (χ4n) is 1.72. The predicted octanol–water partition coefficient (Wildman–Crippen LogP) is 2.59. The molecule has 0 aliphatic rings. The molecule has 0 heterocycles. The molecule has 8 heteroatoms. The average molecular weight is 359 g/mol. The van der Waals surface area contributed by atoms with Crippen LogP contribution in [0.2, 0.25) is 0 Å². The first kappa shape index (κ1) is 17.1. The van der Waals surface area contributed by atoms with Crippen LogP contribution in [0.3, 0.4) is 0 Å². The van der Waals surface area contributed by atoms with Crippen molar-refractivity contribution in [3.05, 3.63) is 38.3 Å². The summed E-state index contributed by atoms with van der Waals surface area (Å²) in [6, 6.07) is 2.73. The standard InChI is InChI=1S/C13H15BrN2O5/c1-3-7(2)11(13(18)19)15-12(17)8-4-9(14)6-10(5-8)16(20)21/h4-7,11H,3H2,1-2H3,(H,15,17)(H,18,19)/t7?,11-/m0/s1. The van der Waals surface area contributed by atoms with E-state index in [0.717, 1.165) is 6.07 Å². The van der Waals surface area contributed by atoms with Gasteiger partial charge in [-0.2, -0.15) is 0 Å². The van der Waals surface area contributed by atoms with Crippen LogP contribution in [0, 0.1) is 16.0 Å². The second-order valence-electron chi connectivity index (χ2n) is 4.63. The molecule has 2 atom stereocenters. The van der Waals surface area contributed by atoms with E-state index in [0.29, 0.717) is 10.9 Å². The van der Waals surface area contributed by atoms with E-state index >= 15 is 0 Å². The van der Waals surface area contributed by atoms with Crippen LogP contribution >= 0.6 is 15.9 Å². The lowest BCUT2D eigenvalue weighted by Crippen LogP contribution is -2.45. The van der Waals surface area contributed by atoms with Crippen molar-refractivity contribution in [2.24, 2.45) is 5.92 Å². The molecule has 1 aromatic rings. The number of carboxylic acids is 1. The van der Waals surface area contributed by atoms with Gasteiger partial charge in [-0.3, -0.25) is 14.9 Å². The highest BCUT2D eigenvalue weighted by Gasteiger charge is 2.26. The van der Waals surface area contributed by atoms with E-state index in [4.69, 9.17) is 5.11 Å². The number of nitrogens with zero attached hydrogens (tertiary/aromatic N) is 1. The van der Waals surface area contributed by atoms with Crippen LogP contribution in [0.25, 0.3) is 0 Å². The number of hydrogen-bond acceptors (Lipinski definition) is 4. The van der Waals surface area contributed by atoms with Crippen LogP contribution in [0.15, 0.2) is 22.7 Å². The number of nitro benzene ring substituents is 1. The Kier molecular flexibility index (Phi) is 5.83. The second kappa shape index (κ2) is 7.16. The molecule has 2 N–H and O–H groups in total. The Morgan fingerprint density at radius 2 is 2.05 bits per heavy atom. The van der Waals surface area contributed by atoms with E-state index in [1.54, 1.807) is 6.92 Å². The SMILES string of the molecule is CCC(C)[C@H](NC(=O)c1cc(Br)cc([N+](=O)[O-])c1)C(=O)O. The summed E-state index contributed by atoms with van der Waals surface area (Å²) in [4.78, 5) is 33.4. The Morgan fingerprint density at radius 1 is 1.43 bits per heavy atom. The van der Waals surface area contributed by atoms with Gasteiger partial charge >= 0.3 is 5.97 Å². The normalized spacial score (nSPS) is 13.3. The van der Waals surface area contributed by atoms with Crippen LogP contribution in [0.4, 0.5) is 5.69 Å². The minimum atomic E-state index is -1.14. The largest absolute Gasteiger partial charge is 0.480 e. The summed E-state index contributed by atoms with van der Waals surface area (Å²) in [5.74, 6) is -2.05. The molecule has 114 valence electrons. The van der Waals surface area contributed by atoms with E-state index in [-0.39, 0.29) is 17.2 Å². The Labute approximate surface area is 129 Å². The molecule has 0 spiro atoms. The van der Waals surface area contributed by atoms with Gasteiger partial charge in [0, 0.05) is 22.2 Å². The lowest BCUT2D eigenvalue weighted by Gasteiger charge is -2.20. The summed E-state index contributed by atoms with van der Waals surface area (Å²) in [5.41, 5.74) is -0.212. The predicted molar refractivity (Wildman–Crippen MR) is 79.1 cm³/mol. The number of nitrogens with one attached hydrogen (secondary N) is 1. The summed E-state index contributed by atoms with van der Waals surface area (Å²) >= 11 is 3.09. The fourth-order valence-corrected chi connectivity index (χ4v) is 2.20. The number of rotatable bonds is 6. The fraction of sp³-hybridized carbons (Fsp3) is 0.385. The van der Waals surface area contributed by atoms with Crippen LogP contribution < -0.4 is 5.32 Å². The summed E-state index contributed by atoms with van der Waals surface area (Å²) in [5, 5.41) is 22.3. The number of carbonyl (C=O) groups excluding carboxylic acids is 1. The Balaban J connectivity index is 3.03. The number of carbonyl (C=O) groups is 2. The van der Waals surface area contributed by atoms with E-state index < -0.39 is 22.8 Å². The van der Waals surface area contributed by atoms with Crippen molar-refractivity contribution in [1.82, 2.24) is 5.32 Å². The molecule has 1 aromatic carbocycles. The monoisotopic (exact) mass is 358 g/mol. The number of halogens is 1. The van der Waals surface area contributed by atoms with Gasteiger partial charge in [0.15, 0.2) is 0 Å².